The number of nitrogens with zero attached hydrogens (tertiary/aromatic N) is 2. The lowest BCUT2D eigenvalue weighted by Gasteiger charge is -2.44. The number of aliphatic carboxylic acids is 1. The van der Waals surface area contributed by atoms with Crippen molar-refractivity contribution in [3.63, 3.8) is 0 Å². The van der Waals surface area contributed by atoms with Crippen LogP contribution in [0.2, 0.25) is 0 Å². The molecule has 4 atom stereocenters. The van der Waals surface area contributed by atoms with Crippen molar-refractivity contribution >= 4 is 23.8 Å². The second-order valence-electron chi connectivity index (χ2n) is 6.62. The molecule has 10 nitrogen and oxygen atoms in total. The van der Waals surface area contributed by atoms with Crippen molar-refractivity contribution in [2.24, 2.45) is 16.8 Å². The van der Waals surface area contributed by atoms with Crippen LogP contribution in [0, 0.1) is 11.8 Å². The van der Waals surface area contributed by atoms with Gasteiger partial charge in [0, 0.05) is 26.1 Å². The van der Waals surface area contributed by atoms with Gasteiger partial charge in [0.1, 0.15) is 11.5 Å². The summed E-state index contributed by atoms with van der Waals surface area (Å²) in [7, 11) is 1.46. The van der Waals surface area contributed by atoms with E-state index in [9.17, 15) is 24.6 Å². The van der Waals surface area contributed by atoms with Crippen LogP contribution in [-0.4, -0.2) is 77.8 Å². The van der Waals surface area contributed by atoms with Gasteiger partial charge in [-0.1, -0.05) is 0 Å². The number of aliphatic hydroxyl groups excluding tert-OH is 1. The Kier molecular flexibility index (Phi) is 4.86. The number of hydrogen-bond acceptors (Lipinski definition) is 7. The standard InChI is InChI=1S/C16H22N4O6/c1-7(21)12-10-3-9(13(15(23)24)20(10)14(12)22)8-4-18-11(19-5-8)6-26-16(25)17-2/h7-8,10,12,21H,3-6H2,1-2H3,(H,17,25)(H,18,19)(H,23,24)/t7-,10-,12-/m1/s1. The SMILES string of the molecule is CNC(=O)OCC1=NCC(C2=C(C(=O)O)N3C(=O)[C@H]([C@@H](C)O)[C@H]3C2)CN1. The number of carboxylic acid groups (broad SMARTS) is 1. The van der Waals surface area contributed by atoms with Gasteiger partial charge >= 0.3 is 12.1 Å². The topological polar surface area (TPSA) is 141 Å². The van der Waals surface area contributed by atoms with Gasteiger partial charge in [-0.3, -0.25) is 9.79 Å². The molecule has 3 heterocycles. The molecule has 3 aliphatic rings. The molecular formula is C16H22N4O6. The van der Waals surface area contributed by atoms with Crippen LogP contribution in [0.4, 0.5) is 4.79 Å². The van der Waals surface area contributed by atoms with E-state index in [2.05, 4.69) is 15.6 Å². The molecule has 0 saturated carbocycles. The highest BCUT2D eigenvalue weighted by Gasteiger charge is 2.57. The highest BCUT2D eigenvalue weighted by Crippen LogP contribution is 2.45. The number of aliphatic hydroxyl groups is 1. The summed E-state index contributed by atoms with van der Waals surface area (Å²) in [5, 5.41) is 24.7. The van der Waals surface area contributed by atoms with Gasteiger partial charge in [0.25, 0.3) is 0 Å². The van der Waals surface area contributed by atoms with Crippen LogP contribution in [0.1, 0.15) is 13.3 Å². The minimum Gasteiger partial charge on any atom is -0.477 e. The Balaban J connectivity index is 1.71. The highest BCUT2D eigenvalue weighted by atomic mass is 16.5. The Morgan fingerprint density at radius 1 is 1.50 bits per heavy atom. The molecular weight excluding hydrogens is 344 g/mol. The molecule has 1 unspecified atom stereocenters. The van der Waals surface area contributed by atoms with Crippen molar-refractivity contribution in [1.29, 1.82) is 0 Å². The lowest BCUT2D eigenvalue weighted by Crippen LogP contribution is -2.61. The van der Waals surface area contributed by atoms with Crippen molar-refractivity contribution < 1.29 is 29.3 Å². The van der Waals surface area contributed by atoms with Crippen molar-refractivity contribution in [2.45, 2.75) is 25.5 Å². The van der Waals surface area contributed by atoms with E-state index in [1.54, 1.807) is 6.92 Å². The van der Waals surface area contributed by atoms with Gasteiger partial charge in [0.2, 0.25) is 5.91 Å². The molecule has 0 aromatic heterocycles. The summed E-state index contributed by atoms with van der Waals surface area (Å²) in [6.45, 7) is 2.34. The maximum absolute atomic E-state index is 12.2. The molecule has 2 amide bonds. The van der Waals surface area contributed by atoms with Crippen LogP contribution in [-0.2, 0) is 14.3 Å². The summed E-state index contributed by atoms with van der Waals surface area (Å²) in [6, 6.07) is -0.300. The predicted molar refractivity (Wildman–Crippen MR) is 89.3 cm³/mol. The van der Waals surface area contributed by atoms with E-state index in [1.807, 2.05) is 0 Å². The Bertz CT molecular complexity index is 701. The minimum atomic E-state index is -1.14. The fourth-order valence-electron chi connectivity index (χ4n) is 3.78. The second kappa shape index (κ2) is 6.94. The first-order chi connectivity index (χ1) is 12.3. The van der Waals surface area contributed by atoms with Crippen LogP contribution < -0.4 is 10.6 Å². The molecule has 0 spiro atoms. The van der Waals surface area contributed by atoms with Crippen LogP contribution in [0.3, 0.4) is 0 Å². The molecule has 1 saturated heterocycles. The molecule has 26 heavy (non-hydrogen) atoms. The quantitative estimate of drug-likeness (QED) is 0.453. The van der Waals surface area contributed by atoms with E-state index in [4.69, 9.17) is 4.74 Å². The molecule has 142 valence electrons. The Morgan fingerprint density at radius 3 is 2.77 bits per heavy atom. The lowest BCUT2D eigenvalue weighted by atomic mass is 9.82. The van der Waals surface area contributed by atoms with E-state index >= 15 is 0 Å². The second-order valence-corrected chi connectivity index (χ2v) is 6.62. The minimum absolute atomic E-state index is 0.00850. The van der Waals surface area contributed by atoms with Crippen LogP contribution >= 0.6 is 0 Å². The normalized spacial score (nSPS) is 28.6. The van der Waals surface area contributed by atoms with Gasteiger partial charge in [-0.2, -0.15) is 0 Å². The average Bonchev–Trinajstić information content (AvgIpc) is 2.95. The maximum atomic E-state index is 12.2. The molecule has 0 aliphatic carbocycles. The first-order valence-corrected chi connectivity index (χ1v) is 8.44. The van der Waals surface area contributed by atoms with Crippen molar-refractivity contribution in [3.8, 4) is 0 Å². The number of nitrogens with one attached hydrogen (secondary N) is 2. The fourth-order valence-corrected chi connectivity index (χ4v) is 3.78. The van der Waals surface area contributed by atoms with Gasteiger partial charge in [-0.05, 0) is 18.9 Å². The first kappa shape index (κ1) is 18.2. The molecule has 1 fully saturated rings. The average molecular weight is 366 g/mol. The summed E-state index contributed by atoms with van der Waals surface area (Å²) in [5.41, 5.74) is 0.686. The van der Waals surface area contributed by atoms with E-state index in [0.29, 0.717) is 30.9 Å². The van der Waals surface area contributed by atoms with Gasteiger partial charge in [-0.15, -0.1) is 0 Å². The zero-order chi connectivity index (χ0) is 19.0. The number of hydrogen-bond donors (Lipinski definition) is 4. The smallest absolute Gasteiger partial charge is 0.407 e. The third-order valence-corrected chi connectivity index (χ3v) is 5.06. The zero-order valence-corrected chi connectivity index (χ0v) is 14.6. The van der Waals surface area contributed by atoms with Crippen LogP contribution in [0.15, 0.2) is 16.3 Å². The maximum Gasteiger partial charge on any atom is 0.407 e. The molecule has 4 N–H and O–H groups in total. The third kappa shape index (κ3) is 3.00. The summed E-state index contributed by atoms with van der Waals surface area (Å²) in [5.74, 6) is -1.69. The van der Waals surface area contributed by atoms with E-state index < -0.39 is 24.1 Å². The molecule has 0 radical (unpaired) electrons. The molecule has 10 heteroatoms. The number of ether oxygens (including phenoxy) is 1. The zero-order valence-electron chi connectivity index (χ0n) is 14.6. The van der Waals surface area contributed by atoms with Crippen LogP contribution in [0.25, 0.3) is 0 Å². The molecule has 3 rings (SSSR count). The summed E-state index contributed by atoms with van der Waals surface area (Å²) in [6.07, 6.45) is -0.945. The number of aliphatic imine (C=N–C) groups is 1. The number of carboxylic acids is 1. The Hall–Kier alpha value is -2.62. The summed E-state index contributed by atoms with van der Waals surface area (Å²) < 4.78 is 4.92. The molecule has 0 aromatic rings. The Labute approximate surface area is 149 Å². The number of carbonyl (C=O) groups excluding carboxylic acids is 2. The number of carbonyl (C=O) groups is 3. The number of β-lactam (4-membered cyclic amide) rings is 1. The van der Waals surface area contributed by atoms with Crippen molar-refractivity contribution in [1.82, 2.24) is 15.5 Å². The number of alkyl carbamates (subject to hydrolysis) is 1. The Morgan fingerprint density at radius 2 is 2.23 bits per heavy atom. The van der Waals surface area contributed by atoms with E-state index in [0.717, 1.165) is 0 Å². The number of fused-ring (bicyclic) bond motifs is 1. The largest absolute Gasteiger partial charge is 0.477 e. The first-order valence-electron chi connectivity index (χ1n) is 8.44. The van der Waals surface area contributed by atoms with E-state index in [-0.39, 0.29) is 30.2 Å². The number of amides is 2. The van der Waals surface area contributed by atoms with Crippen molar-refractivity contribution in [2.75, 3.05) is 26.7 Å². The van der Waals surface area contributed by atoms with Gasteiger partial charge in [-0.25, -0.2) is 9.59 Å². The molecule has 0 bridgehead atoms. The van der Waals surface area contributed by atoms with Gasteiger partial charge < -0.3 is 30.5 Å². The monoisotopic (exact) mass is 366 g/mol. The van der Waals surface area contributed by atoms with Gasteiger partial charge in [0.15, 0.2) is 6.61 Å². The fraction of sp³-hybridized carbons (Fsp3) is 0.625. The number of rotatable bonds is 5. The number of amidine groups is 1. The highest BCUT2D eigenvalue weighted by molar-refractivity contribution is 6.00. The van der Waals surface area contributed by atoms with Crippen LogP contribution in [0.5, 0.6) is 0 Å². The molecule has 3 aliphatic heterocycles. The van der Waals surface area contributed by atoms with Crippen molar-refractivity contribution in [3.05, 3.63) is 11.3 Å². The molecule has 0 aromatic carbocycles. The van der Waals surface area contributed by atoms with Gasteiger partial charge in [0.05, 0.1) is 18.1 Å². The lowest BCUT2D eigenvalue weighted by molar-refractivity contribution is -0.161. The predicted octanol–water partition coefficient (Wildman–Crippen LogP) is -1.09. The summed E-state index contributed by atoms with van der Waals surface area (Å²) in [4.78, 5) is 40.6. The van der Waals surface area contributed by atoms with E-state index in [1.165, 1.54) is 11.9 Å². The third-order valence-electron chi connectivity index (χ3n) is 5.06. The summed E-state index contributed by atoms with van der Waals surface area (Å²) >= 11 is 0.